The average molecular weight is 509 g/mol. The summed E-state index contributed by atoms with van der Waals surface area (Å²) in [5, 5.41) is 0. The number of carbonyl (C=O) groups is 2. The van der Waals surface area contributed by atoms with Crippen LogP contribution in [0.3, 0.4) is 0 Å². The standard InChI is InChI=1S/C30H40N2O5/c1-3-5-6-23(24-17-25(31)19-26(32)18-24)20-36-29(33)16-9-21-7-12-28(13-8-21)37-30(34)22-10-14-27(15-11-22)35-4-2/h7-9,12-13,16-19,22-23,27H,3-6,10-11,14-15,20,31-32H2,1-2H3. The third-order valence-corrected chi connectivity index (χ3v) is 6.72. The van der Waals surface area contributed by atoms with Crippen LogP contribution in [0.15, 0.2) is 48.5 Å². The molecule has 1 fully saturated rings. The summed E-state index contributed by atoms with van der Waals surface area (Å²) in [6, 6.07) is 12.6. The van der Waals surface area contributed by atoms with Gasteiger partial charge in [0.25, 0.3) is 0 Å². The van der Waals surface area contributed by atoms with Crippen LogP contribution in [-0.2, 0) is 19.1 Å². The number of rotatable bonds is 12. The molecule has 0 aromatic heterocycles. The van der Waals surface area contributed by atoms with Gasteiger partial charge in [0.1, 0.15) is 5.75 Å². The van der Waals surface area contributed by atoms with Crippen LogP contribution in [0.1, 0.15) is 75.8 Å². The highest BCUT2D eigenvalue weighted by atomic mass is 16.5. The minimum atomic E-state index is -0.420. The minimum absolute atomic E-state index is 0.0336. The van der Waals surface area contributed by atoms with Crippen molar-refractivity contribution < 1.29 is 23.8 Å². The topological polar surface area (TPSA) is 114 Å². The molecule has 1 aliphatic rings. The predicted octanol–water partition coefficient (Wildman–Crippen LogP) is 5.88. The third kappa shape index (κ3) is 9.25. The van der Waals surface area contributed by atoms with Gasteiger partial charge in [-0.2, -0.15) is 0 Å². The zero-order chi connectivity index (χ0) is 26.6. The number of nitrogens with two attached hydrogens (primary N) is 2. The molecule has 0 saturated heterocycles. The van der Waals surface area contributed by atoms with E-state index in [1.807, 2.05) is 19.1 Å². The Labute approximate surface area is 220 Å². The lowest BCUT2D eigenvalue weighted by Crippen LogP contribution is -2.28. The second kappa shape index (κ2) is 14.4. The van der Waals surface area contributed by atoms with Gasteiger partial charge in [-0.05, 0) is 86.6 Å². The maximum absolute atomic E-state index is 12.5. The zero-order valence-corrected chi connectivity index (χ0v) is 22.0. The summed E-state index contributed by atoms with van der Waals surface area (Å²) >= 11 is 0. The van der Waals surface area contributed by atoms with Gasteiger partial charge in [-0.3, -0.25) is 4.79 Å². The van der Waals surface area contributed by atoms with Gasteiger partial charge in [-0.1, -0.05) is 31.9 Å². The number of unbranched alkanes of at least 4 members (excludes halogenated alkanes) is 1. The maximum Gasteiger partial charge on any atom is 0.330 e. The molecule has 0 radical (unpaired) electrons. The van der Waals surface area contributed by atoms with Gasteiger partial charge in [0.2, 0.25) is 0 Å². The summed E-state index contributed by atoms with van der Waals surface area (Å²) in [7, 11) is 0. The third-order valence-electron chi connectivity index (χ3n) is 6.72. The van der Waals surface area contributed by atoms with Crippen LogP contribution in [-0.4, -0.2) is 31.3 Å². The molecule has 37 heavy (non-hydrogen) atoms. The first-order chi connectivity index (χ1) is 17.9. The number of esters is 2. The quantitative estimate of drug-likeness (QED) is 0.159. The Morgan fingerprint density at radius 2 is 1.68 bits per heavy atom. The van der Waals surface area contributed by atoms with E-state index in [0.717, 1.165) is 56.1 Å². The highest BCUT2D eigenvalue weighted by Gasteiger charge is 2.28. The van der Waals surface area contributed by atoms with Crippen LogP contribution < -0.4 is 16.2 Å². The molecule has 7 nitrogen and oxygen atoms in total. The van der Waals surface area contributed by atoms with Gasteiger partial charge >= 0.3 is 11.9 Å². The number of hydrogen-bond acceptors (Lipinski definition) is 7. The lowest BCUT2D eigenvalue weighted by Gasteiger charge is -2.26. The summed E-state index contributed by atoms with van der Waals surface area (Å²) < 4.78 is 16.8. The van der Waals surface area contributed by atoms with Crippen molar-refractivity contribution in [3.05, 3.63) is 59.7 Å². The summed E-state index contributed by atoms with van der Waals surface area (Å²) in [5.74, 6) is -0.169. The number of anilines is 2. The van der Waals surface area contributed by atoms with E-state index >= 15 is 0 Å². The smallest absolute Gasteiger partial charge is 0.330 e. The van der Waals surface area contributed by atoms with Crippen LogP contribution in [0.2, 0.25) is 0 Å². The zero-order valence-electron chi connectivity index (χ0n) is 22.0. The van der Waals surface area contributed by atoms with Gasteiger partial charge in [-0.15, -0.1) is 0 Å². The van der Waals surface area contributed by atoms with Crippen molar-refractivity contribution in [2.75, 3.05) is 24.7 Å². The largest absolute Gasteiger partial charge is 0.462 e. The number of carbonyl (C=O) groups excluding carboxylic acids is 2. The van der Waals surface area contributed by atoms with E-state index in [-0.39, 0.29) is 30.5 Å². The predicted molar refractivity (Wildman–Crippen MR) is 147 cm³/mol. The van der Waals surface area contributed by atoms with E-state index in [0.29, 0.717) is 23.7 Å². The van der Waals surface area contributed by atoms with Crippen molar-refractivity contribution in [2.24, 2.45) is 5.92 Å². The molecule has 0 spiro atoms. The van der Waals surface area contributed by atoms with E-state index < -0.39 is 5.97 Å². The van der Waals surface area contributed by atoms with Gasteiger partial charge < -0.3 is 25.7 Å². The molecule has 0 amide bonds. The molecular formula is C30H40N2O5. The Bertz CT molecular complexity index is 1020. The number of nitrogen functional groups attached to an aromatic ring is 2. The molecule has 1 saturated carbocycles. The Hall–Kier alpha value is -3.32. The molecule has 2 aromatic rings. The fourth-order valence-corrected chi connectivity index (χ4v) is 4.68. The van der Waals surface area contributed by atoms with Gasteiger partial charge in [-0.25, -0.2) is 4.79 Å². The summed E-state index contributed by atoms with van der Waals surface area (Å²) in [6.45, 7) is 5.08. The van der Waals surface area contributed by atoms with E-state index in [2.05, 4.69) is 6.92 Å². The van der Waals surface area contributed by atoms with Crippen molar-refractivity contribution in [1.82, 2.24) is 0 Å². The lowest BCUT2D eigenvalue weighted by molar-refractivity contribution is -0.141. The normalized spacial score (nSPS) is 18.4. The fourth-order valence-electron chi connectivity index (χ4n) is 4.68. The Morgan fingerprint density at radius 1 is 1.00 bits per heavy atom. The molecule has 0 bridgehead atoms. The molecule has 0 aliphatic heterocycles. The van der Waals surface area contributed by atoms with Crippen molar-refractivity contribution in [3.63, 3.8) is 0 Å². The van der Waals surface area contributed by atoms with E-state index in [4.69, 9.17) is 25.7 Å². The van der Waals surface area contributed by atoms with E-state index in [1.165, 1.54) is 6.08 Å². The van der Waals surface area contributed by atoms with Crippen LogP contribution in [0, 0.1) is 5.92 Å². The molecule has 3 rings (SSSR count). The van der Waals surface area contributed by atoms with Gasteiger partial charge in [0.05, 0.1) is 18.6 Å². The van der Waals surface area contributed by atoms with Crippen LogP contribution >= 0.6 is 0 Å². The molecule has 1 aliphatic carbocycles. The minimum Gasteiger partial charge on any atom is -0.462 e. The summed E-state index contributed by atoms with van der Waals surface area (Å²) in [6.07, 6.45) is 9.63. The van der Waals surface area contributed by atoms with Crippen molar-refractivity contribution in [2.45, 2.75) is 70.8 Å². The highest BCUT2D eigenvalue weighted by Crippen LogP contribution is 2.29. The number of hydrogen-bond donors (Lipinski definition) is 2. The second-order valence-electron chi connectivity index (χ2n) is 9.65. The number of ether oxygens (including phenoxy) is 3. The summed E-state index contributed by atoms with van der Waals surface area (Å²) in [5.41, 5.74) is 14.9. The first-order valence-electron chi connectivity index (χ1n) is 13.3. The van der Waals surface area contributed by atoms with Crippen LogP contribution in [0.25, 0.3) is 6.08 Å². The Balaban J connectivity index is 1.48. The molecule has 0 heterocycles. The monoisotopic (exact) mass is 508 g/mol. The van der Waals surface area contributed by atoms with Gasteiger partial charge in [0.15, 0.2) is 0 Å². The summed E-state index contributed by atoms with van der Waals surface area (Å²) in [4.78, 5) is 24.9. The molecule has 200 valence electrons. The van der Waals surface area contributed by atoms with Gasteiger partial charge in [0, 0.05) is 30.0 Å². The molecule has 7 heteroatoms. The van der Waals surface area contributed by atoms with E-state index in [9.17, 15) is 9.59 Å². The first-order valence-corrected chi connectivity index (χ1v) is 13.3. The fraction of sp³-hybridized carbons (Fsp3) is 0.467. The van der Waals surface area contributed by atoms with Crippen molar-refractivity contribution in [1.29, 1.82) is 0 Å². The second-order valence-corrected chi connectivity index (χ2v) is 9.65. The highest BCUT2D eigenvalue weighted by molar-refractivity contribution is 5.87. The lowest BCUT2D eigenvalue weighted by atomic mass is 9.87. The Morgan fingerprint density at radius 3 is 2.30 bits per heavy atom. The van der Waals surface area contributed by atoms with Crippen LogP contribution in [0.4, 0.5) is 11.4 Å². The van der Waals surface area contributed by atoms with Crippen molar-refractivity contribution in [3.8, 4) is 5.75 Å². The molecular weight excluding hydrogens is 468 g/mol. The average Bonchev–Trinajstić information content (AvgIpc) is 2.88. The van der Waals surface area contributed by atoms with Crippen molar-refractivity contribution >= 4 is 29.4 Å². The SMILES string of the molecule is CCCCC(COC(=O)C=Cc1ccc(OC(=O)C2CCC(OCC)CC2)cc1)c1cc(N)cc(N)c1. The molecule has 1 atom stereocenters. The number of benzene rings is 2. The Kier molecular flexibility index (Phi) is 11.0. The molecule has 1 unspecified atom stereocenters. The molecule has 2 aromatic carbocycles. The first kappa shape index (κ1) is 28.3. The molecule has 4 N–H and O–H groups in total. The maximum atomic E-state index is 12.5. The van der Waals surface area contributed by atoms with E-state index in [1.54, 1.807) is 36.4 Å². The van der Waals surface area contributed by atoms with Crippen LogP contribution in [0.5, 0.6) is 5.75 Å².